The van der Waals surface area contributed by atoms with Crippen LogP contribution in [0.4, 0.5) is 0 Å². The van der Waals surface area contributed by atoms with Gasteiger partial charge in [-0.1, -0.05) is 13.8 Å². The molecule has 0 saturated carbocycles. The molecule has 8 heteroatoms. The first-order chi connectivity index (χ1) is 11.3. The Morgan fingerprint density at radius 2 is 2.21 bits per heavy atom. The molecule has 1 rings (SSSR count). The first-order valence-electron chi connectivity index (χ1n) is 7.94. The largest absolute Gasteiger partial charge is 0.464 e. The van der Waals surface area contributed by atoms with E-state index in [1.165, 1.54) is 5.56 Å². The number of hydrogen-bond donors (Lipinski definition) is 2. The lowest BCUT2D eigenvalue weighted by atomic mass is 10.0. The van der Waals surface area contributed by atoms with Gasteiger partial charge in [-0.05, 0) is 31.6 Å². The predicted octanol–water partition coefficient (Wildman–Crippen LogP) is 2.58. The fourth-order valence-corrected chi connectivity index (χ4v) is 2.94. The quantitative estimate of drug-likeness (QED) is 0.358. The summed E-state index contributed by atoms with van der Waals surface area (Å²) in [4.78, 5) is 12.1. The number of nitro groups is 1. The van der Waals surface area contributed by atoms with E-state index in [1.807, 2.05) is 14.1 Å². The van der Waals surface area contributed by atoms with Crippen LogP contribution in [-0.4, -0.2) is 43.3 Å². The SMILES string of the molecule is CNC(=C[N+](=O)[O-])NCCSCc1cc(C(C)C)c(CN(C)C)o1. The van der Waals surface area contributed by atoms with Crippen molar-refractivity contribution in [2.24, 2.45) is 0 Å². The number of nitrogens with one attached hydrogen (secondary N) is 2. The predicted molar refractivity (Wildman–Crippen MR) is 98.5 cm³/mol. The fraction of sp³-hybridized carbons (Fsp3) is 0.625. The molecule has 136 valence electrons. The van der Waals surface area contributed by atoms with Gasteiger partial charge in [0.2, 0.25) is 0 Å². The summed E-state index contributed by atoms with van der Waals surface area (Å²) in [6.45, 7) is 5.79. The number of rotatable bonds is 11. The summed E-state index contributed by atoms with van der Waals surface area (Å²) in [6, 6.07) is 2.15. The zero-order valence-electron chi connectivity index (χ0n) is 15.1. The van der Waals surface area contributed by atoms with Gasteiger partial charge in [0, 0.05) is 19.3 Å². The Bertz CT molecular complexity index is 556. The van der Waals surface area contributed by atoms with Crippen molar-refractivity contribution in [3.63, 3.8) is 0 Å². The second-order valence-electron chi connectivity index (χ2n) is 6.04. The van der Waals surface area contributed by atoms with E-state index >= 15 is 0 Å². The lowest BCUT2D eigenvalue weighted by Crippen LogP contribution is -2.26. The third kappa shape index (κ3) is 7.27. The van der Waals surface area contributed by atoms with E-state index in [9.17, 15) is 10.1 Å². The molecule has 24 heavy (non-hydrogen) atoms. The van der Waals surface area contributed by atoms with Crippen LogP contribution in [0.2, 0.25) is 0 Å². The van der Waals surface area contributed by atoms with E-state index in [4.69, 9.17) is 4.42 Å². The van der Waals surface area contributed by atoms with E-state index in [0.717, 1.165) is 35.8 Å². The van der Waals surface area contributed by atoms with Gasteiger partial charge >= 0.3 is 0 Å². The summed E-state index contributed by atoms with van der Waals surface area (Å²) in [6.07, 6.45) is 0.930. The van der Waals surface area contributed by atoms with E-state index in [1.54, 1.807) is 18.8 Å². The van der Waals surface area contributed by atoms with Crippen molar-refractivity contribution >= 4 is 11.8 Å². The highest BCUT2D eigenvalue weighted by atomic mass is 32.2. The second kappa shape index (κ2) is 10.2. The molecule has 0 amide bonds. The van der Waals surface area contributed by atoms with Gasteiger partial charge in [-0.15, -0.1) is 0 Å². The topological polar surface area (TPSA) is 83.6 Å². The highest BCUT2D eigenvalue weighted by Gasteiger charge is 2.14. The Kier molecular flexibility index (Phi) is 8.70. The number of thioether (sulfide) groups is 1. The highest BCUT2D eigenvalue weighted by Crippen LogP contribution is 2.26. The zero-order valence-corrected chi connectivity index (χ0v) is 15.9. The molecular formula is C16H28N4O3S. The van der Waals surface area contributed by atoms with E-state index in [-0.39, 0.29) is 0 Å². The van der Waals surface area contributed by atoms with Crippen LogP contribution in [-0.2, 0) is 12.3 Å². The molecule has 1 aromatic rings. The molecule has 0 bridgehead atoms. The van der Waals surface area contributed by atoms with Gasteiger partial charge in [-0.2, -0.15) is 11.8 Å². The lowest BCUT2D eigenvalue weighted by molar-refractivity contribution is -0.404. The van der Waals surface area contributed by atoms with E-state index in [2.05, 4.69) is 35.4 Å². The minimum atomic E-state index is -0.478. The average molecular weight is 356 g/mol. The summed E-state index contributed by atoms with van der Waals surface area (Å²) in [5.74, 6) is 4.49. The Hall–Kier alpha value is -1.67. The molecule has 7 nitrogen and oxygen atoms in total. The van der Waals surface area contributed by atoms with Gasteiger partial charge < -0.3 is 20.0 Å². The van der Waals surface area contributed by atoms with Gasteiger partial charge in [0.1, 0.15) is 11.5 Å². The molecule has 0 fully saturated rings. The first kappa shape index (κ1) is 20.4. The summed E-state index contributed by atoms with van der Waals surface area (Å²) < 4.78 is 5.99. The third-order valence-corrected chi connectivity index (χ3v) is 4.27. The smallest absolute Gasteiger partial charge is 0.274 e. The molecule has 1 heterocycles. The maximum absolute atomic E-state index is 10.4. The van der Waals surface area contributed by atoms with Crippen molar-refractivity contribution in [1.82, 2.24) is 15.5 Å². The van der Waals surface area contributed by atoms with Gasteiger partial charge in [-0.25, -0.2) is 0 Å². The van der Waals surface area contributed by atoms with Crippen molar-refractivity contribution in [3.8, 4) is 0 Å². The highest BCUT2D eigenvalue weighted by molar-refractivity contribution is 7.98. The van der Waals surface area contributed by atoms with Gasteiger partial charge in [-0.3, -0.25) is 10.1 Å². The zero-order chi connectivity index (χ0) is 18.1. The van der Waals surface area contributed by atoms with Crippen LogP contribution < -0.4 is 10.6 Å². The molecular weight excluding hydrogens is 328 g/mol. The average Bonchev–Trinajstić information content (AvgIpc) is 2.87. The lowest BCUT2D eigenvalue weighted by Gasteiger charge is -2.10. The molecule has 0 aliphatic heterocycles. The van der Waals surface area contributed by atoms with Crippen LogP contribution in [0.15, 0.2) is 22.5 Å². The van der Waals surface area contributed by atoms with Crippen LogP contribution in [0.3, 0.4) is 0 Å². The second-order valence-corrected chi connectivity index (χ2v) is 7.15. The van der Waals surface area contributed by atoms with Crippen molar-refractivity contribution in [1.29, 1.82) is 0 Å². The van der Waals surface area contributed by atoms with Crippen LogP contribution in [0, 0.1) is 10.1 Å². The van der Waals surface area contributed by atoms with Crippen LogP contribution in [0.25, 0.3) is 0 Å². The molecule has 2 N–H and O–H groups in total. The monoisotopic (exact) mass is 356 g/mol. The summed E-state index contributed by atoms with van der Waals surface area (Å²) >= 11 is 1.74. The van der Waals surface area contributed by atoms with E-state index in [0.29, 0.717) is 18.3 Å². The molecule has 1 aromatic heterocycles. The number of furan rings is 1. The third-order valence-electron chi connectivity index (χ3n) is 3.28. The summed E-state index contributed by atoms with van der Waals surface area (Å²) in [5, 5.41) is 16.2. The molecule has 0 spiro atoms. The van der Waals surface area contributed by atoms with Crippen molar-refractivity contribution in [3.05, 3.63) is 45.3 Å². The van der Waals surface area contributed by atoms with Crippen molar-refractivity contribution in [2.45, 2.75) is 32.1 Å². The molecule has 0 atom stereocenters. The Balaban J connectivity index is 2.46. The normalized spacial score (nSPS) is 12.0. The molecule has 0 aliphatic carbocycles. The van der Waals surface area contributed by atoms with Gasteiger partial charge in [0.15, 0.2) is 5.82 Å². The Labute approximate surface area is 148 Å². The Morgan fingerprint density at radius 3 is 2.75 bits per heavy atom. The molecule has 0 aromatic carbocycles. The fourth-order valence-electron chi connectivity index (χ4n) is 2.21. The van der Waals surface area contributed by atoms with Gasteiger partial charge in [0.05, 0.1) is 17.2 Å². The maximum atomic E-state index is 10.4. The Morgan fingerprint density at radius 1 is 1.50 bits per heavy atom. The minimum Gasteiger partial charge on any atom is -0.464 e. The maximum Gasteiger partial charge on any atom is 0.274 e. The first-order valence-corrected chi connectivity index (χ1v) is 9.09. The van der Waals surface area contributed by atoms with Crippen molar-refractivity contribution < 1.29 is 9.34 Å². The minimum absolute atomic E-state index is 0.411. The molecule has 0 aliphatic rings. The van der Waals surface area contributed by atoms with Crippen LogP contribution >= 0.6 is 11.8 Å². The number of hydrogen-bond acceptors (Lipinski definition) is 7. The summed E-state index contributed by atoms with van der Waals surface area (Å²) in [7, 11) is 5.72. The van der Waals surface area contributed by atoms with E-state index < -0.39 is 4.92 Å². The van der Waals surface area contributed by atoms with Crippen molar-refractivity contribution in [2.75, 3.05) is 33.4 Å². The number of nitrogens with zero attached hydrogens (tertiary/aromatic N) is 2. The van der Waals surface area contributed by atoms with Crippen LogP contribution in [0.5, 0.6) is 0 Å². The standard InChI is InChI=1S/C16H28N4O3S/c1-12(2)14-8-13(23-15(14)9-19(4)5)11-24-7-6-18-16(17-3)10-20(21)22/h8,10,12,17-18H,6-7,9,11H2,1-5H3. The van der Waals surface area contributed by atoms with Gasteiger partial charge in [0.25, 0.3) is 6.20 Å². The molecule has 0 radical (unpaired) electrons. The van der Waals surface area contributed by atoms with Crippen LogP contribution in [0.1, 0.15) is 36.8 Å². The molecule has 0 unspecified atom stereocenters. The summed E-state index contributed by atoms with van der Waals surface area (Å²) in [5.41, 5.74) is 1.27. The molecule has 0 saturated heterocycles.